The Kier molecular flexibility index (Phi) is 4.53. The van der Waals surface area contributed by atoms with E-state index in [4.69, 9.17) is 14.1 Å². The highest BCUT2D eigenvalue weighted by atomic mass is 32.1. The van der Waals surface area contributed by atoms with E-state index in [0.717, 1.165) is 44.7 Å². The zero-order chi connectivity index (χ0) is 18.8. The number of hydrogen-bond donors (Lipinski definition) is 0. The van der Waals surface area contributed by atoms with Crippen molar-refractivity contribution in [1.29, 1.82) is 5.26 Å². The predicted molar refractivity (Wildman–Crippen MR) is 106 cm³/mol. The van der Waals surface area contributed by atoms with Crippen LogP contribution in [0.15, 0.2) is 64.6 Å². The Labute approximate surface area is 160 Å². The van der Waals surface area contributed by atoms with Crippen molar-refractivity contribution in [3.8, 4) is 34.5 Å². The zero-order valence-corrected chi connectivity index (χ0v) is 15.6. The number of furan rings is 1. The summed E-state index contributed by atoms with van der Waals surface area (Å²) in [4.78, 5) is 5.61. The average Bonchev–Trinajstić information content (AvgIpc) is 3.38. The minimum atomic E-state index is 0.259. The van der Waals surface area contributed by atoms with Gasteiger partial charge in [-0.25, -0.2) is 4.98 Å². The van der Waals surface area contributed by atoms with Crippen molar-refractivity contribution in [2.75, 3.05) is 6.61 Å². The van der Waals surface area contributed by atoms with E-state index in [0.29, 0.717) is 6.61 Å². The molecule has 3 heterocycles. The van der Waals surface area contributed by atoms with Crippen LogP contribution in [0.3, 0.4) is 0 Å². The fourth-order valence-corrected chi connectivity index (χ4v) is 3.79. The second-order valence-corrected chi connectivity index (χ2v) is 7.06. The Morgan fingerprint density at radius 2 is 2.15 bits per heavy atom. The molecular formula is C21H17N3O2S. The maximum absolute atomic E-state index is 9.35. The highest BCUT2D eigenvalue weighted by Gasteiger charge is 2.19. The van der Waals surface area contributed by atoms with Gasteiger partial charge in [0.25, 0.3) is 0 Å². The first-order chi connectivity index (χ1) is 13.2. The molecule has 4 rings (SSSR count). The van der Waals surface area contributed by atoms with Gasteiger partial charge in [0.1, 0.15) is 18.1 Å². The van der Waals surface area contributed by atoms with Crippen LogP contribution in [0.1, 0.15) is 12.6 Å². The van der Waals surface area contributed by atoms with Crippen molar-refractivity contribution < 1.29 is 9.15 Å². The number of ether oxygens (including phenoxy) is 1. The van der Waals surface area contributed by atoms with Crippen molar-refractivity contribution in [2.45, 2.75) is 13.3 Å². The minimum absolute atomic E-state index is 0.259. The quantitative estimate of drug-likeness (QED) is 0.427. The zero-order valence-electron chi connectivity index (χ0n) is 14.8. The maximum atomic E-state index is 9.35. The van der Waals surface area contributed by atoms with E-state index in [1.54, 1.807) is 6.26 Å². The Hall–Kier alpha value is -3.30. The molecule has 134 valence electrons. The highest BCUT2D eigenvalue weighted by Crippen LogP contribution is 2.33. The molecule has 27 heavy (non-hydrogen) atoms. The van der Waals surface area contributed by atoms with Gasteiger partial charge >= 0.3 is 0 Å². The van der Waals surface area contributed by atoms with Gasteiger partial charge in [0.05, 0.1) is 30.1 Å². The first-order valence-electron chi connectivity index (χ1n) is 8.44. The third-order valence-corrected chi connectivity index (χ3v) is 4.92. The first kappa shape index (κ1) is 17.1. The molecule has 0 fully saturated rings. The second-order valence-electron chi connectivity index (χ2n) is 6.23. The Morgan fingerprint density at radius 3 is 2.81 bits per heavy atom. The molecule has 0 saturated heterocycles. The summed E-state index contributed by atoms with van der Waals surface area (Å²) in [7, 11) is 0. The van der Waals surface area contributed by atoms with E-state index in [2.05, 4.69) is 12.6 Å². The van der Waals surface area contributed by atoms with Crippen LogP contribution in [0.4, 0.5) is 0 Å². The van der Waals surface area contributed by atoms with Crippen LogP contribution in [-0.4, -0.2) is 16.0 Å². The van der Waals surface area contributed by atoms with Gasteiger partial charge in [-0.1, -0.05) is 6.58 Å². The van der Waals surface area contributed by atoms with Crippen LogP contribution >= 0.6 is 11.3 Å². The molecule has 1 aromatic carbocycles. The molecule has 0 radical (unpaired) electrons. The van der Waals surface area contributed by atoms with E-state index in [-0.39, 0.29) is 6.42 Å². The molecule has 0 atom stereocenters. The van der Waals surface area contributed by atoms with Crippen LogP contribution in [-0.2, 0) is 6.42 Å². The number of hydrogen-bond acceptors (Lipinski definition) is 5. The van der Waals surface area contributed by atoms with Crippen molar-refractivity contribution in [3.05, 3.63) is 65.9 Å². The van der Waals surface area contributed by atoms with Crippen molar-refractivity contribution in [2.24, 2.45) is 0 Å². The molecule has 0 unspecified atom stereocenters. The molecule has 6 heteroatoms. The van der Waals surface area contributed by atoms with Crippen LogP contribution in [0.5, 0.6) is 5.75 Å². The van der Waals surface area contributed by atoms with E-state index in [1.165, 1.54) is 11.3 Å². The topological polar surface area (TPSA) is 63.5 Å². The molecular weight excluding hydrogens is 358 g/mol. The highest BCUT2D eigenvalue weighted by molar-refractivity contribution is 7.15. The summed E-state index contributed by atoms with van der Waals surface area (Å²) in [6.45, 7) is 6.26. The first-order valence-corrected chi connectivity index (χ1v) is 9.32. The molecule has 0 aliphatic heterocycles. The summed E-state index contributed by atoms with van der Waals surface area (Å²) in [5, 5.41) is 11.4. The summed E-state index contributed by atoms with van der Waals surface area (Å²) in [5.74, 6) is 1.54. The molecule has 0 bridgehead atoms. The molecule has 0 saturated carbocycles. The molecule has 0 spiro atoms. The van der Waals surface area contributed by atoms with Crippen LogP contribution < -0.4 is 4.74 Å². The van der Waals surface area contributed by atoms with Gasteiger partial charge in [0, 0.05) is 10.9 Å². The Balaban J connectivity index is 1.77. The number of nitriles is 1. The summed E-state index contributed by atoms with van der Waals surface area (Å²) < 4.78 is 13.2. The number of thiazole rings is 1. The number of imidazole rings is 1. The summed E-state index contributed by atoms with van der Waals surface area (Å²) in [5.41, 5.74) is 4.49. The standard InChI is InChI=1S/C21H17N3O2S/c1-14(2)12-26-16-7-5-15(6-8-16)20-17(9-10-22)24-18(13-27-21(24)23-20)19-4-3-11-25-19/h3-8,11,13H,1,9,12H2,2H3. The van der Waals surface area contributed by atoms with Crippen LogP contribution in [0.2, 0.25) is 0 Å². The molecule has 0 aliphatic carbocycles. The van der Waals surface area contributed by atoms with Gasteiger partial charge in [-0.2, -0.15) is 5.26 Å². The Bertz CT molecular complexity index is 1130. The maximum Gasteiger partial charge on any atom is 0.195 e. The van der Waals surface area contributed by atoms with E-state index >= 15 is 0 Å². The molecule has 0 amide bonds. The lowest BCUT2D eigenvalue weighted by atomic mass is 10.1. The Morgan fingerprint density at radius 1 is 1.33 bits per heavy atom. The van der Waals surface area contributed by atoms with Gasteiger partial charge in [0.15, 0.2) is 10.7 Å². The average molecular weight is 375 g/mol. The SMILES string of the molecule is C=C(C)COc1ccc(-c2nc3scc(-c4ccco4)n3c2CC#N)cc1. The summed E-state index contributed by atoms with van der Waals surface area (Å²) in [6.07, 6.45) is 1.90. The van der Waals surface area contributed by atoms with Crippen molar-refractivity contribution in [3.63, 3.8) is 0 Å². The molecule has 0 aliphatic rings. The summed E-state index contributed by atoms with van der Waals surface area (Å²) in [6, 6.07) is 13.8. The summed E-state index contributed by atoms with van der Waals surface area (Å²) >= 11 is 1.53. The lowest BCUT2D eigenvalue weighted by molar-refractivity contribution is 0.353. The fourth-order valence-electron chi connectivity index (χ4n) is 2.90. The van der Waals surface area contributed by atoms with Crippen molar-refractivity contribution in [1.82, 2.24) is 9.38 Å². The smallest absolute Gasteiger partial charge is 0.195 e. The number of fused-ring (bicyclic) bond motifs is 1. The molecule has 0 N–H and O–H groups in total. The van der Waals surface area contributed by atoms with Crippen LogP contribution in [0, 0.1) is 11.3 Å². The number of benzene rings is 1. The lowest BCUT2D eigenvalue weighted by Gasteiger charge is -2.07. The monoisotopic (exact) mass is 375 g/mol. The normalized spacial score (nSPS) is 10.8. The van der Waals surface area contributed by atoms with Gasteiger partial charge in [0.2, 0.25) is 0 Å². The van der Waals surface area contributed by atoms with E-state index in [1.807, 2.05) is 53.1 Å². The minimum Gasteiger partial charge on any atom is -0.489 e. The third-order valence-electron chi connectivity index (χ3n) is 4.09. The molecule has 3 aromatic heterocycles. The van der Waals surface area contributed by atoms with Gasteiger partial charge in [-0.15, -0.1) is 11.3 Å². The fraction of sp³-hybridized carbons (Fsp3) is 0.143. The van der Waals surface area contributed by atoms with E-state index in [9.17, 15) is 5.26 Å². The van der Waals surface area contributed by atoms with E-state index < -0.39 is 0 Å². The van der Waals surface area contributed by atoms with Gasteiger partial charge in [-0.3, -0.25) is 4.40 Å². The van der Waals surface area contributed by atoms with Crippen LogP contribution in [0.25, 0.3) is 27.7 Å². The second kappa shape index (κ2) is 7.14. The number of aromatic nitrogens is 2. The lowest BCUT2D eigenvalue weighted by Crippen LogP contribution is -1.97. The molecule has 4 aromatic rings. The third kappa shape index (κ3) is 3.25. The number of rotatable bonds is 6. The predicted octanol–water partition coefficient (Wildman–Crippen LogP) is 5.34. The van der Waals surface area contributed by atoms with Gasteiger partial charge in [-0.05, 0) is 48.9 Å². The molecule has 5 nitrogen and oxygen atoms in total. The number of nitrogens with zero attached hydrogens (tertiary/aromatic N) is 3. The van der Waals surface area contributed by atoms with Crippen molar-refractivity contribution >= 4 is 16.3 Å². The van der Waals surface area contributed by atoms with Gasteiger partial charge < -0.3 is 9.15 Å². The largest absolute Gasteiger partial charge is 0.489 e.